The van der Waals surface area contributed by atoms with Crippen molar-refractivity contribution in [3.8, 4) is 0 Å². The zero-order valence-electron chi connectivity index (χ0n) is 30.3. The number of nitrogens with one attached hydrogen (secondary N) is 1. The molecule has 0 aromatic heterocycles. The lowest BCUT2D eigenvalue weighted by molar-refractivity contribution is 0.0373. The van der Waals surface area contributed by atoms with Crippen LogP contribution in [0.2, 0.25) is 64.5 Å². The predicted octanol–water partition coefficient (Wildman–Crippen LogP) is 3.01. The van der Waals surface area contributed by atoms with Crippen LogP contribution in [0.25, 0.3) is 0 Å². The summed E-state index contributed by atoms with van der Waals surface area (Å²) < 4.78 is 55.9. The Kier molecular flexibility index (Phi) is 21.3. The monoisotopic (exact) mass is 748 g/mol. The number of ether oxygens (including phenoxy) is 1. The second-order valence-electron chi connectivity index (χ2n) is 13.3. The molecule has 1 aliphatic rings. The van der Waals surface area contributed by atoms with Crippen LogP contribution in [-0.4, -0.2) is 135 Å². The van der Waals surface area contributed by atoms with Crippen LogP contribution in [0.4, 0.5) is 0 Å². The van der Waals surface area contributed by atoms with Crippen molar-refractivity contribution in [2.75, 3.05) is 58.7 Å². The van der Waals surface area contributed by atoms with Crippen LogP contribution < -0.4 is 16.8 Å². The molecule has 0 bridgehead atoms. The Labute approximate surface area is 287 Å². The lowest BCUT2D eigenvalue weighted by Crippen LogP contribution is -2.69. The summed E-state index contributed by atoms with van der Waals surface area (Å²) in [6.07, 6.45) is 5.02. The Balaban J connectivity index is 0. The summed E-state index contributed by atoms with van der Waals surface area (Å²) in [5.41, 5.74) is 11.3. The van der Waals surface area contributed by atoms with Gasteiger partial charge in [0.15, 0.2) is 2.86 Å². The molecule has 7 N–H and O–H groups in total. The highest BCUT2D eigenvalue weighted by Gasteiger charge is 2.56. The average Bonchev–Trinajstić information content (AvgIpc) is 2.91. The number of unbranched alkanes of at least 4 members (excludes halogenated alkanes) is 3. The van der Waals surface area contributed by atoms with Gasteiger partial charge < -0.3 is 51.7 Å². The van der Waals surface area contributed by atoms with E-state index in [2.05, 4.69) is 10.2 Å². The average molecular weight is 749 g/mol. The van der Waals surface area contributed by atoms with Crippen LogP contribution in [-0.2, 0) is 25.3 Å². The fraction of sp³-hybridized carbons (Fsp3) is 1.00. The van der Waals surface area contributed by atoms with Gasteiger partial charge in [0.25, 0.3) is 0 Å². The Bertz CT molecular complexity index is 834. The summed E-state index contributed by atoms with van der Waals surface area (Å²) in [5, 5.41) is 3.33. The molecule has 270 valence electrons. The molecule has 3 unspecified atom stereocenters. The first-order chi connectivity index (χ1) is 20.9. The Hall–Kier alpha value is 0.886. The molecule has 0 aromatic rings. The number of rotatable bonds is 26. The highest BCUT2D eigenvalue weighted by atomic mass is 28.5. The molecule has 1 saturated heterocycles. The van der Waals surface area contributed by atoms with Gasteiger partial charge in [0.05, 0.1) is 26.8 Å². The smallest absolute Gasteiger partial charge is 0.424 e. The van der Waals surface area contributed by atoms with E-state index in [0.29, 0.717) is 57.6 Å². The molecule has 1 fully saturated rings. The summed E-state index contributed by atoms with van der Waals surface area (Å²) >= 11 is 0. The number of hydrogen-bond donors (Lipinski definition) is 5. The zero-order valence-corrected chi connectivity index (χ0v) is 34.3. The highest BCUT2D eigenvalue weighted by molar-refractivity contribution is 7.14. The van der Waals surface area contributed by atoms with Crippen molar-refractivity contribution in [2.24, 2.45) is 11.5 Å². The zero-order chi connectivity index (χ0) is 34.3. The third kappa shape index (κ3) is 23.0. The van der Waals surface area contributed by atoms with E-state index < -0.39 is 51.2 Å². The minimum Gasteiger partial charge on any atom is -0.424 e. The van der Waals surface area contributed by atoms with Crippen molar-refractivity contribution < 1.29 is 34.9 Å². The maximum Gasteiger partial charge on any atom is 0.487 e. The largest absolute Gasteiger partial charge is 0.487 e. The minimum atomic E-state index is -3.68. The fourth-order valence-electron chi connectivity index (χ4n) is 5.24. The predicted molar refractivity (Wildman–Crippen MR) is 201 cm³/mol. The number of hydrogen-bond acceptors (Lipinski definition) is 12. The van der Waals surface area contributed by atoms with Gasteiger partial charge in [0.1, 0.15) is 8.19 Å². The molecule has 0 aliphatic carbocycles. The van der Waals surface area contributed by atoms with Gasteiger partial charge in [0, 0.05) is 26.2 Å². The Morgan fingerprint density at radius 2 is 1.42 bits per heavy atom. The molecule has 1 rings (SSSR count). The van der Waals surface area contributed by atoms with E-state index in [1.807, 2.05) is 52.4 Å². The second-order valence-corrected chi connectivity index (χ2v) is 33.5. The maximum absolute atomic E-state index is 8.12. The molecule has 2 radical (unpaired) electrons. The van der Waals surface area contributed by atoms with Crippen molar-refractivity contribution in [3.05, 3.63) is 0 Å². The van der Waals surface area contributed by atoms with Crippen molar-refractivity contribution in [1.29, 1.82) is 2.86 Å². The van der Waals surface area contributed by atoms with Crippen LogP contribution in [0, 0.1) is 0 Å². The van der Waals surface area contributed by atoms with Crippen LogP contribution >= 0.6 is 0 Å². The van der Waals surface area contributed by atoms with Gasteiger partial charge in [-0.1, -0.05) is 47.2 Å². The van der Waals surface area contributed by atoms with E-state index in [-0.39, 0.29) is 14.9 Å². The Morgan fingerprint density at radius 3 is 1.98 bits per heavy atom. The van der Waals surface area contributed by atoms with E-state index in [1.54, 1.807) is 0 Å². The molecule has 45 heavy (non-hydrogen) atoms. The van der Waals surface area contributed by atoms with Crippen molar-refractivity contribution in [1.82, 2.24) is 10.2 Å². The van der Waals surface area contributed by atoms with Crippen LogP contribution in [0.3, 0.4) is 0 Å². The lowest BCUT2D eigenvalue weighted by atomic mass is 10.2. The molecule has 1 heterocycles. The SMILES string of the molecule is C.C.[2H]O[Si](C)(C)O[Si](C)(CCCNCCN)O[Si](C)(C)O[Si](CN1CCOCC1)(O[Si]([B])(C)C)O[Si](C)(CCCCCCN)O[2H]. The molecule has 0 spiro atoms. The van der Waals surface area contributed by atoms with E-state index in [9.17, 15) is 0 Å². The standard InChI is InChI=1S/C24H63BN4O8Si6.2CH4/c1-38(2,25)33-43(24-29-18-20-32-21-19-29,37-41(7,31)22-12-10-9-11-14-26)36-40(5,6)35-42(8,34-39(3,4)30)23-13-16-28-17-15-27;;/h28,30-31H,9-24,26-27H2,1-8H3;2*1H4/i30D,31D;;. The van der Waals surface area contributed by atoms with E-state index in [1.165, 1.54) is 0 Å². The maximum atomic E-state index is 8.12. The molecule has 19 heteroatoms. The summed E-state index contributed by atoms with van der Waals surface area (Å²) in [6.45, 7) is 20.7. The topological polar surface area (TPSA) is 163 Å². The summed E-state index contributed by atoms with van der Waals surface area (Å²) in [6, 6.07) is 1.29. The Morgan fingerprint density at radius 1 is 0.778 bits per heavy atom. The van der Waals surface area contributed by atoms with Crippen molar-refractivity contribution in [3.63, 3.8) is 0 Å². The first-order valence-corrected chi connectivity index (χ1v) is 31.4. The van der Waals surface area contributed by atoms with E-state index in [0.717, 1.165) is 45.2 Å². The van der Waals surface area contributed by atoms with Gasteiger partial charge >= 0.3 is 43.0 Å². The summed E-state index contributed by atoms with van der Waals surface area (Å²) in [5.74, 6) is 0. The third-order valence-corrected chi connectivity index (χ3v) is 26.8. The van der Waals surface area contributed by atoms with Gasteiger partial charge in [-0.15, -0.1) is 0 Å². The van der Waals surface area contributed by atoms with Crippen LogP contribution in [0.5, 0.6) is 0 Å². The van der Waals surface area contributed by atoms with Crippen molar-refractivity contribution in [2.45, 2.75) is 111 Å². The van der Waals surface area contributed by atoms with Crippen molar-refractivity contribution >= 4 is 58.7 Å². The molecule has 1 aliphatic heterocycles. The van der Waals surface area contributed by atoms with Crippen LogP contribution in [0.15, 0.2) is 0 Å². The minimum absolute atomic E-state index is 0. The molecule has 12 nitrogen and oxygen atoms in total. The van der Waals surface area contributed by atoms with Gasteiger partial charge in [-0.2, -0.15) is 0 Å². The summed E-state index contributed by atoms with van der Waals surface area (Å²) in [4.78, 5) is 12.7. The molecule has 3 atom stereocenters. The summed E-state index contributed by atoms with van der Waals surface area (Å²) in [7, 11) is -11.7. The van der Waals surface area contributed by atoms with Gasteiger partial charge in [-0.05, 0) is 77.3 Å². The van der Waals surface area contributed by atoms with Gasteiger partial charge in [-0.3, -0.25) is 4.90 Å². The number of morpholine rings is 1. The lowest BCUT2D eigenvalue weighted by Gasteiger charge is -2.47. The quantitative estimate of drug-likeness (QED) is 0.0651. The highest BCUT2D eigenvalue weighted by Crippen LogP contribution is 2.31. The van der Waals surface area contributed by atoms with E-state index in [4.69, 9.17) is 56.7 Å². The van der Waals surface area contributed by atoms with Crippen LogP contribution in [0.1, 0.15) is 47.0 Å². The third-order valence-electron chi connectivity index (χ3n) is 6.53. The van der Waals surface area contributed by atoms with E-state index >= 15 is 0 Å². The number of nitrogens with two attached hydrogens (primary N) is 2. The van der Waals surface area contributed by atoms with Gasteiger partial charge in [-0.25, -0.2) is 0 Å². The first kappa shape index (κ1) is 43.9. The first-order valence-electron chi connectivity index (χ1n) is 16.7. The second kappa shape index (κ2) is 21.9. The molecular weight excluding hydrogens is 676 g/mol. The van der Waals surface area contributed by atoms with Gasteiger partial charge in [0.2, 0.25) is 0 Å². The molecule has 0 saturated carbocycles. The number of nitrogens with zero attached hydrogens (tertiary/aromatic N) is 1. The normalized spacial score (nSPS) is 19.7. The molecule has 0 amide bonds. The molecular formula is C26H71BN4O8Si6. The fourth-order valence-corrected chi connectivity index (χ4v) is 29.7. The molecule has 0 aromatic carbocycles.